The summed E-state index contributed by atoms with van der Waals surface area (Å²) in [5.41, 5.74) is 2.76. The molecule has 0 unspecified atom stereocenters. The lowest BCUT2D eigenvalue weighted by atomic mass is 10.1. The number of benzene rings is 2. The molecule has 0 aliphatic heterocycles. The Morgan fingerprint density at radius 3 is 2.25 bits per heavy atom. The summed E-state index contributed by atoms with van der Waals surface area (Å²) in [5.74, 6) is 1.26. The Morgan fingerprint density at radius 2 is 1.67 bits per heavy atom. The number of carbonyl (C=O) groups excluding carboxylic acids is 1. The van der Waals surface area contributed by atoms with Crippen molar-refractivity contribution in [3.8, 4) is 5.75 Å². The monoisotopic (exact) mass is 327 g/mol. The maximum absolute atomic E-state index is 12.1. The molecule has 0 aliphatic rings. The first-order valence-electron chi connectivity index (χ1n) is 8.28. The van der Waals surface area contributed by atoms with Crippen LogP contribution < -0.4 is 10.1 Å². The zero-order valence-corrected chi connectivity index (χ0v) is 14.3. The molecule has 0 heterocycles. The zero-order chi connectivity index (χ0) is 17.4. The molecule has 1 amide bonds. The summed E-state index contributed by atoms with van der Waals surface area (Å²) in [4.78, 5) is 12.1. The molecule has 0 radical (unpaired) electrons. The minimum atomic E-state index is -0.0549. The molecule has 0 saturated carbocycles. The molecule has 0 fully saturated rings. The van der Waals surface area contributed by atoms with E-state index in [-0.39, 0.29) is 12.5 Å². The number of carbonyl (C=O) groups is 1. The van der Waals surface area contributed by atoms with Crippen LogP contribution in [0.5, 0.6) is 5.75 Å². The van der Waals surface area contributed by atoms with Crippen LogP contribution in [-0.4, -0.2) is 24.2 Å². The molecule has 0 aromatic heterocycles. The molecule has 128 valence electrons. The molecule has 2 N–H and O–H groups in total. The molecule has 0 bridgehead atoms. The lowest BCUT2D eigenvalue weighted by Gasteiger charge is -2.09. The van der Waals surface area contributed by atoms with Crippen LogP contribution >= 0.6 is 0 Å². The van der Waals surface area contributed by atoms with Gasteiger partial charge in [0.1, 0.15) is 5.75 Å². The standard InChI is InChI=1S/C20H25NO3/c1-15(2)14-24-19-9-5-17(6-10-19)13-20(23)21-18-7-3-16(4-8-18)11-12-22/h3-10,15,22H,11-14H2,1-2H3,(H,21,23). The Bertz CT molecular complexity index is 633. The van der Waals surface area contributed by atoms with E-state index in [0.29, 0.717) is 25.4 Å². The number of nitrogens with one attached hydrogen (secondary N) is 1. The minimum Gasteiger partial charge on any atom is -0.493 e. The van der Waals surface area contributed by atoms with E-state index in [0.717, 1.165) is 22.6 Å². The van der Waals surface area contributed by atoms with Crippen molar-refractivity contribution in [2.24, 2.45) is 5.92 Å². The average molecular weight is 327 g/mol. The van der Waals surface area contributed by atoms with E-state index in [1.165, 1.54) is 0 Å². The quantitative estimate of drug-likeness (QED) is 0.781. The molecule has 0 saturated heterocycles. The summed E-state index contributed by atoms with van der Waals surface area (Å²) in [6.45, 7) is 5.03. The SMILES string of the molecule is CC(C)COc1ccc(CC(=O)Nc2ccc(CCO)cc2)cc1. The van der Waals surface area contributed by atoms with Crippen LogP contribution in [-0.2, 0) is 17.6 Å². The molecule has 0 aliphatic carbocycles. The number of aliphatic hydroxyl groups excluding tert-OH is 1. The van der Waals surface area contributed by atoms with Crippen LogP contribution in [0.2, 0.25) is 0 Å². The van der Waals surface area contributed by atoms with Gasteiger partial charge in [-0.1, -0.05) is 38.1 Å². The van der Waals surface area contributed by atoms with Gasteiger partial charge in [0.2, 0.25) is 5.91 Å². The van der Waals surface area contributed by atoms with E-state index < -0.39 is 0 Å². The predicted octanol–water partition coefficient (Wildman–Crippen LogP) is 3.44. The van der Waals surface area contributed by atoms with Gasteiger partial charge in [-0.05, 0) is 47.7 Å². The van der Waals surface area contributed by atoms with Crippen LogP contribution in [0, 0.1) is 5.92 Å². The summed E-state index contributed by atoms with van der Waals surface area (Å²) in [5, 5.41) is 11.8. The number of aliphatic hydroxyl groups is 1. The maximum Gasteiger partial charge on any atom is 0.228 e. The summed E-state index contributed by atoms with van der Waals surface area (Å²) < 4.78 is 5.64. The van der Waals surface area contributed by atoms with Crippen molar-refractivity contribution in [1.82, 2.24) is 0 Å². The number of hydrogen-bond acceptors (Lipinski definition) is 3. The molecule has 2 rings (SSSR count). The van der Waals surface area contributed by atoms with Crippen molar-refractivity contribution in [3.05, 3.63) is 59.7 Å². The molecule has 0 atom stereocenters. The molecular formula is C20H25NO3. The van der Waals surface area contributed by atoms with Gasteiger partial charge in [-0.15, -0.1) is 0 Å². The van der Waals surface area contributed by atoms with Crippen LogP contribution in [0.3, 0.4) is 0 Å². The van der Waals surface area contributed by atoms with Crippen LogP contribution in [0.4, 0.5) is 5.69 Å². The minimum absolute atomic E-state index is 0.0549. The van der Waals surface area contributed by atoms with Gasteiger partial charge >= 0.3 is 0 Å². The Morgan fingerprint density at radius 1 is 1.04 bits per heavy atom. The van der Waals surface area contributed by atoms with Gasteiger partial charge < -0.3 is 15.2 Å². The maximum atomic E-state index is 12.1. The van der Waals surface area contributed by atoms with Gasteiger partial charge in [-0.25, -0.2) is 0 Å². The van der Waals surface area contributed by atoms with E-state index in [1.807, 2.05) is 48.5 Å². The third-order valence-corrected chi connectivity index (χ3v) is 3.51. The molecule has 2 aromatic rings. The molecule has 2 aromatic carbocycles. The fourth-order valence-corrected chi connectivity index (χ4v) is 2.24. The normalized spacial score (nSPS) is 10.7. The Labute approximate surface area is 143 Å². The fraction of sp³-hybridized carbons (Fsp3) is 0.350. The molecule has 24 heavy (non-hydrogen) atoms. The van der Waals surface area contributed by atoms with E-state index in [9.17, 15) is 4.79 Å². The molecular weight excluding hydrogens is 302 g/mol. The lowest BCUT2D eigenvalue weighted by Crippen LogP contribution is -2.14. The van der Waals surface area contributed by atoms with Gasteiger partial charge in [0, 0.05) is 12.3 Å². The predicted molar refractivity (Wildman–Crippen MR) is 96.3 cm³/mol. The first-order chi connectivity index (χ1) is 11.6. The van der Waals surface area contributed by atoms with Crippen molar-refractivity contribution in [3.63, 3.8) is 0 Å². The molecule has 4 nitrogen and oxygen atoms in total. The summed E-state index contributed by atoms with van der Waals surface area (Å²) in [6.07, 6.45) is 0.947. The van der Waals surface area contributed by atoms with Gasteiger partial charge in [0.05, 0.1) is 13.0 Å². The number of ether oxygens (including phenoxy) is 1. The van der Waals surface area contributed by atoms with E-state index in [1.54, 1.807) is 0 Å². The van der Waals surface area contributed by atoms with Gasteiger partial charge in [0.15, 0.2) is 0 Å². The van der Waals surface area contributed by atoms with Gasteiger partial charge in [-0.2, -0.15) is 0 Å². The van der Waals surface area contributed by atoms with E-state index in [2.05, 4.69) is 19.2 Å². The van der Waals surface area contributed by atoms with Crippen LogP contribution in [0.1, 0.15) is 25.0 Å². The highest BCUT2D eigenvalue weighted by molar-refractivity contribution is 5.92. The van der Waals surface area contributed by atoms with Crippen molar-refractivity contribution in [1.29, 1.82) is 0 Å². The van der Waals surface area contributed by atoms with Gasteiger partial charge in [-0.3, -0.25) is 4.79 Å². The second-order valence-corrected chi connectivity index (χ2v) is 6.24. The van der Waals surface area contributed by atoms with Crippen LogP contribution in [0.15, 0.2) is 48.5 Å². The topological polar surface area (TPSA) is 58.6 Å². The zero-order valence-electron chi connectivity index (χ0n) is 14.3. The summed E-state index contributed by atoms with van der Waals surface area (Å²) >= 11 is 0. The first-order valence-corrected chi connectivity index (χ1v) is 8.28. The number of anilines is 1. The summed E-state index contributed by atoms with van der Waals surface area (Å²) in [6, 6.07) is 15.2. The Kier molecular flexibility index (Phi) is 6.82. The van der Waals surface area contributed by atoms with Crippen molar-refractivity contribution in [2.45, 2.75) is 26.7 Å². The number of rotatable bonds is 8. The van der Waals surface area contributed by atoms with Crippen molar-refractivity contribution in [2.75, 3.05) is 18.5 Å². The highest BCUT2D eigenvalue weighted by atomic mass is 16.5. The largest absolute Gasteiger partial charge is 0.493 e. The van der Waals surface area contributed by atoms with Crippen molar-refractivity contribution >= 4 is 11.6 Å². The highest BCUT2D eigenvalue weighted by Crippen LogP contribution is 2.15. The second-order valence-electron chi connectivity index (χ2n) is 6.24. The average Bonchev–Trinajstić information content (AvgIpc) is 2.56. The van der Waals surface area contributed by atoms with Crippen molar-refractivity contribution < 1.29 is 14.6 Å². The first kappa shape index (κ1) is 18.0. The molecule has 0 spiro atoms. The highest BCUT2D eigenvalue weighted by Gasteiger charge is 2.05. The third kappa shape index (κ3) is 6.05. The fourth-order valence-electron chi connectivity index (χ4n) is 2.24. The van der Waals surface area contributed by atoms with E-state index in [4.69, 9.17) is 9.84 Å². The number of hydrogen-bond donors (Lipinski definition) is 2. The molecule has 4 heteroatoms. The smallest absolute Gasteiger partial charge is 0.228 e. The Balaban J connectivity index is 1.85. The van der Waals surface area contributed by atoms with Gasteiger partial charge in [0.25, 0.3) is 0 Å². The second kappa shape index (κ2) is 9.08. The summed E-state index contributed by atoms with van der Waals surface area (Å²) in [7, 11) is 0. The third-order valence-electron chi connectivity index (χ3n) is 3.51. The number of amides is 1. The Hall–Kier alpha value is -2.33. The lowest BCUT2D eigenvalue weighted by molar-refractivity contribution is -0.115. The van der Waals surface area contributed by atoms with E-state index >= 15 is 0 Å². The van der Waals surface area contributed by atoms with Crippen LogP contribution in [0.25, 0.3) is 0 Å².